The molecule has 0 atom stereocenters. The predicted octanol–water partition coefficient (Wildman–Crippen LogP) is 3.49. The standard InChI is InChI=1S/C14H15NO/c1-2-15-14-6-4-3-5-13(14)11-7-9-12(16)10-8-11/h3-10,15-16H,2H2,1H3. The highest BCUT2D eigenvalue weighted by atomic mass is 16.3. The van der Waals surface area contributed by atoms with Crippen LogP contribution in [0.25, 0.3) is 11.1 Å². The number of aromatic hydroxyl groups is 1. The Kier molecular flexibility index (Phi) is 3.10. The van der Waals surface area contributed by atoms with Gasteiger partial charge in [-0.25, -0.2) is 0 Å². The van der Waals surface area contributed by atoms with Crippen LogP contribution in [0.5, 0.6) is 5.75 Å². The van der Waals surface area contributed by atoms with Gasteiger partial charge in [-0.15, -0.1) is 0 Å². The van der Waals surface area contributed by atoms with Crippen molar-refractivity contribution in [3.63, 3.8) is 0 Å². The SMILES string of the molecule is CCNc1ccccc1-c1ccc(O)cc1. The van der Waals surface area contributed by atoms with Crippen LogP contribution in [0.15, 0.2) is 48.5 Å². The van der Waals surface area contributed by atoms with Gasteiger partial charge in [0.15, 0.2) is 0 Å². The van der Waals surface area contributed by atoms with Crippen molar-refractivity contribution in [2.24, 2.45) is 0 Å². The second kappa shape index (κ2) is 4.71. The Morgan fingerprint density at radius 3 is 2.38 bits per heavy atom. The van der Waals surface area contributed by atoms with Crippen LogP contribution < -0.4 is 5.32 Å². The van der Waals surface area contributed by atoms with Crippen molar-refractivity contribution in [3.8, 4) is 16.9 Å². The summed E-state index contributed by atoms with van der Waals surface area (Å²) in [6, 6.07) is 15.4. The minimum atomic E-state index is 0.296. The average Bonchev–Trinajstić information content (AvgIpc) is 2.32. The fourth-order valence-corrected chi connectivity index (χ4v) is 1.72. The molecular formula is C14H15NO. The second-order valence-electron chi connectivity index (χ2n) is 3.62. The fraction of sp³-hybridized carbons (Fsp3) is 0.143. The third-order valence-corrected chi connectivity index (χ3v) is 2.47. The van der Waals surface area contributed by atoms with Crippen molar-refractivity contribution >= 4 is 5.69 Å². The number of hydrogen-bond acceptors (Lipinski definition) is 2. The summed E-state index contributed by atoms with van der Waals surface area (Å²) < 4.78 is 0. The van der Waals surface area contributed by atoms with Gasteiger partial charge in [-0.05, 0) is 30.7 Å². The lowest BCUT2D eigenvalue weighted by atomic mass is 10.0. The van der Waals surface area contributed by atoms with Crippen LogP contribution in [0.4, 0.5) is 5.69 Å². The van der Waals surface area contributed by atoms with Crippen molar-refractivity contribution in [1.29, 1.82) is 0 Å². The van der Waals surface area contributed by atoms with E-state index in [1.807, 2.05) is 24.3 Å². The highest BCUT2D eigenvalue weighted by Crippen LogP contribution is 2.28. The van der Waals surface area contributed by atoms with E-state index >= 15 is 0 Å². The molecule has 0 aliphatic carbocycles. The van der Waals surface area contributed by atoms with Crippen LogP contribution >= 0.6 is 0 Å². The van der Waals surface area contributed by atoms with E-state index in [4.69, 9.17) is 0 Å². The Morgan fingerprint density at radius 2 is 1.69 bits per heavy atom. The first-order valence-electron chi connectivity index (χ1n) is 5.43. The van der Waals surface area contributed by atoms with Gasteiger partial charge < -0.3 is 10.4 Å². The first-order chi connectivity index (χ1) is 7.81. The van der Waals surface area contributed by atoms with Gasteiger partial charge in [0.05, 0.1) is 0 Å². The molecule has 0 saturated carbocycles. The van der Waals surface area contributed by atoms with E-state index in [0.29, 0.717) is 5.75 Å². The summed E-state index contributed by atoms with van der Waals surface area (Å²) in [7, 11) is 0. The minimum Gasteiger partial charge on any atom is -0.508 e. The molecule has 0 aromatic heterocycles. The zero-order chi connectivity index (χ0) is 11.4. The Balaban J connectivity index is 2.42. The van der Waals surface area contributed by atoms with Gasteiger partial charge in [0.2, 0.25) is 0 Å². The van der Waals surface area contributed by atoms with Crippen molar-refractivity contribution in [3.05, 3.63) is 48.5 Å². The van der Waals surface area contributed by atoms with Crippen molar-refractivity contribution < 1.29 is 5.11 Å². The Bertz CT molecular complexity index is 462. The Morgan fingerprint density at radius 1 is 1.00 bits per heavy atom. The summed E-state index contributed by atoms with van der Waals surface area (Å²) >= 11 is 0. The predicted molar refractivity (Wildman–Crippen MR) is 67.7 cm³/mol. The molecule has 2 aromatic carbocycles. The molecule has 0 fully saturated rings. The average molecular weight is 213 g/mol. The Labute approximate surface area is 95.6 Å². The maximum atomic E-state index is 9.26. The van der Waals surface area contributed by atoms with Crippen LogP contribution in [-0.4, -0.2) is 11.7 Å². The lowest BCUT2D eigenvalue weighted by Gasteiger charge is -2.10. The maximum absolute atomic E-state index is 9.26. The van der Waals surface area contributed by atoms with E-state index in [2.05, 4.69) is 24.4 Å². The van der Waals surface area contributed by atoms with Gasteiger partial charge in [0.1, 0.15) is 5.75 Å². The highest BCUT2D eigenvalue weighted by molar-refractivity contribution is 5.78. The normalized spacial score (nSPS) is 10.1. The molecule has 2 N–H and O–H groups in total. The molecule has 0 amide bonds. The van der Waals surface area contributed by atoms with Crippen molar-refractivity contribution in [2.45, 2.75) is 6.92 Å². The zero-order valence-electron chi connectivity index (χ0n) is 9.27. The number of rotatable bonds is 3. The lowest BCUT2D eigenvalue weighted by molar-refractivity contribution is 0.475. The quantitative estimate of drug-likeness (QED) is 0.818. The molecule has 2 rings (SSSR count). The van der Waals surface area contributed by atoms with Crippen molar-refractivity contribution in [2.75, 3.05) is 11.9 Å². The number of anilines is 1. The molecular weight excluding hydrogens is 198 g/mol. The van der Waals surface area contributed by atoms with Crippen LogP contribution in [-0.2, 0) is 0 Å². The lowest BCUT2D eigenvalue weighted by Crippen LogP contribution is -1.98. The van der Waals surface area contributed by atoms with Crippen LogP contribution in [0.1, 0.15) is 6.92 Å². The molecule has 0 radical (unpaired) electrons. The van der Waals surface area contributed by atoms with Crippen LogP contribution in [0.3, 0.4) is 0 Å². The molecule has 0 aliphatic rings. The maximum Gasteiger partial charge on any atom is 0.115 e. The van der Waals surface area contributed by atoms with E-state index in [1.54, 1.807) is 12.1 Å². The molecule has 0 saturated heterocycles. The Hall–Kier alpha value is -1.96. The number of hydrogen-bond donors (Lipinski definition) is 2. The number of benzene rings is 2. The summed E-state index contributed by atoms with van der Waals surface area (Å²) in [6.07, 6.45) is 0. The summed E-state index contributed by atoms with van der Waals surface area (Å²) in [5, 5.41) is 12.6. The molecule has 2 aromatic rings. The molecule has 82 valence electrons. The second-order valence-corrected chi connectivity index (χ2v) is 3.62. The molecule has 0 spiro atoms. The van der Waals surface area contributed by atoms with Gasteiger partial charge in [-0.3, -0.25) is 0 Å². The van der Waals surface area contributed by atoms with Gasteiger partial charge in [-0.2, -0.15) is 0 Å². The summed E-state index contributed by atoms with van der Waals surface area (Å²) in [5.41, 5.74) is 3.38. The number of phenolic OH excluding ortho intramolecular Hbond substituents is 1. The number of para-hydroxylation sites is 1. The zero-order valence-corrected chi connectivity index (χ0v) is 9.27. The minimum absolute atomic E-state index is 0.296. The summed E-state index contributed by atoms with van der Waals surface area (Å²) in [6.45, 7) is 2.97. The third-order valence-electron chi connectivity index (χ3n) is 2.47. The molecule has 0 aliphatic heterocycles. The summed E-state index contributed by atoms with van der Waals surface area (Å²) in [4.78, 5) is 0. The van der Waals surface area contributed by atoms with Gasteiger partial charge in [-0.1, -0.05) is 30.3 Å². The molecule has 2 nitrogen and oxygen atoms in total. The van der Waals surface area contributed by atoms with Gasteiger partial charge in [0.25, 0.3) is 0 Å². The first kappa shape index (κ1) is 10.6. The molecule has 2 heteroatoms. The van der Waals surface area contributed by atoms with Gasteiger partial charge in [0, 0.05) is 17.8 Å². The van der Waals surface area contributed by atoms with E-state index in [1.165, 1.54) is 0 Å². The van der Waals surface area contributed by atoms with Crippen LogP contribution in [0.2, 0.25) is 0 Å². The topological polar surface area (TPSA) is 32.3 Å². The monoisotopic (exact) mass is 213 g/mol. The molecule has 0 bridgehead atoms. The molecule has 16 heavy (non-hydrogen) atoms. The van der Waals surface area contributed by atoms with E-state index in [-0.39, 0.29) is 0 Å². The number of nitrogens with one attached hydrogen (secondary N) is 1. The van der Waals surface area contributed by atoms with E-state index in [0.717, 1.165) is 23.4 Å². The highest BCUT2D eigenvalue weighted by Gasteiger charge is 2.02. The number of phenols is 1. The van der Waals surface area contributed by atoms with Gasteiger partial charge >= 0.3 is 0 Å². The van der Waals surface area contributed by atoms with E-state index < -0.39 is 0 Å². The third kappa shape index (κ3) is 2.16. The largest absolute Gasteiger partial charge is 0.508 e. The molecule has 0 heterocycles. The van der Waals surface area contributed by atoms with E-state index in [9.17, 15) is 5.11 Å². The fourth-order valence-electron chi connectivity index (χ4n) is 1.72. The molecule has 0 unspecified atom stereocenters. The van der Waals surface area contributed by atoms with Crippen molar-refractivity contribution in [1.82, 2.24) is 0 Å². The first-order valence-corrected chi connectivity index (χ1v) is 5.43. The summed E-state index contributed by atoms with van der Waals surface area (Å²) in [5.74, 6) is 0.296. The van der Waals surface area contributed by atoms with Crippen LogP contribution in [0, 0.1) is 0 Å². The smallest absolute Gasteiger partial charge is 0.115 e.